The molecule has 1 aliphatic rings. The van der Waals surface area contributed by atoms with Crippen molar-refractivity contribution >= 4 is 45.0 Å². The van der Waals surface area contributed by atoms with Gasteiger partial charge in [-0.3, -0.25) is 9.48 Å². The van der Waals surface area contributed by atoms with Crippen molar-refractivity contribution in [1.82, 2.24) is 14.1 Å². The van der Waals surface area contributed by atoms with Gasteiger partial charge in [0.25, 0.3) is 0 Å². The number of carbonyl (C=O) groups is 1. The van der Waals surface area contributed by atoms with Gasteiger partial charge >= 0.3 is 0 Å². The topological polar surface area (TPSA) is 84.3 Å². The fourth-order valence-corrected chi connectivity index (χ4v) is 5.47. The number of amides is 1. The predicted molar refractivity (Wildman–Crippen MR) is 124 cm³/mol. The summed E-state index contributed by atoms with van der Waals surface area (Å²) in [4.78, 5) is 12.9. The molecule has 0 spiro atoms. The number of nitrogens with zero attached hydrogens (tertiary/aromatic N) is 3. The van der Waals surface area contributed by atoms with Crippen molar-refractivity contribution in [1.29, 1.82) is 0 Å². The van der Waals surface area contributed by atoms with E-state index in [9.17, 15) is 17.6 Å². The Morgan fingerprint density at radius 3 is 2.33 bits per heavy atom. The van der Waals surface area contributed by atoms with Crippen LogP contribution in [0.25, 0.3) is 0 Å². The van der Waals surface area contributed by atoms with Gasteiger partial charge in [-0.25, -0.2) is 12.8 Å². The van der Waals surface area contributed by atoms with Crippen molar-refractivity contribution in [3.63, 3.8) is 0 Å². The second-order valence-electron chi connectivity index (χ2n) is 7.77. The molecule has 0 radical (unpaired) electrons. The van der Waals surface area contributed by atoms with Crippen LogP contribution in [0.3, 0.4) is 0 Å². The van der Waals surface area contributed by atoms with Crippen LogP contribution >= 0.6 is 23.2 Å². The lowest BCUT2D eigenvalue weighted by Gasteiger charge is -2.30. The van der Waals surface area contributed by atoms with Gasteiger partial charge < -0.3 is 5.32 Å². The minimum absolute atomic E-state index is 0.174. The van der Waals surface area contributed by atoms with Crippen molar-refractivity contribution in [2.24, 2.45) is 5.92 Å². The zero-order chi connectivity index (χ0) is 23.6. The number of hydrogen-bond donors (Lipinski definition) is 1. The van der Waals surface area contributed by atoms with Crippen LogP contribution in [0.15, 0.2) is 59.6 Å². The van der Waals surface area contributed by atoms with Crippen LogP contribution < -0.4 is 5.32 Å². The molecule has 3 aromatic rings. The van der Waals surface area contributed by atoms with Gasteiger partial charge in [0, 0.05) is 30.2 Å². The van der Waals surface area contributed by atoms with Gasteiger partial charge in [-0.2, -0.15) is 9.40 Å². The van der Waals surface area contributed by atoms with Crippen molar-refractivity contribution in [3.05, 3.63) is 76.2 Å². The molecule has 1 amide bonds. The molecule has 2 heterocycles. The molecule has 11 heteroatoms. The monoisotopic (exact) mass is 510 g/mol. The molecule has 1 aromatic heterocycles. The van der Waals surface area contributed by atoms with E-state index < -0.39 is 10.0 Å². The SMILES string of the molecule is O=C(Nc1nn(Cc2ccc(F)cc2)cc1Cl)C1CCN(S(=O)(=O)c2ccc(Cl)cc2)CC1. The van der Waals surface area contributed by atoms with Crippen LogP contribution in [0.4, 0.5) is 10.2 Å². The second-order valence-corrected chi connectivity index (χ2v) is 10.6. The molecule has 33 heavy (non-hydrogen) atoms. The van der Waals surface area contributed by atoms with E-state index in [-0.39, 0.29) is 46.5 Å². The molecular weight excluding hydrogens is 490 g/mol. The largest absolute Gasteiger partial charge is 0.308 e. The number of anilines is 1. The van der Waals surface area contributed by atoms with E-state index in [1.807, 2.05) is 0 Å². The van der Waals surface area contributed by atoms with E-state index in [0.717, 1.165) is 5.56 Å². The Morgan fingerprint density at radius 2 is 1.70 bits per heavy atom. The van der Waals surface area contributed by atoms with Crippen molar-refractivity contribution < 1.29 is 17.6 Å². The first kappa shape index (κ1) is 23.7. The maximum absolute atomic E-state index is 13.1. The minimum atomic E-state index is -3.64. The van der Waals surface area contributed by atoms with Crippen LogP contribution in [0, 0.1) is 11.7 Å². The van der Waals surface area contributed by atoms with Crippen LogP contribution in [-0.4, -0.2) is 41.5 Å². The molecule has 0 saturated carbocycles. The molecular formula is C22H21Cl2FN4O3S. The lowest BCUT2D eigenvalue weighted by molar-refractivity contribution is -0.120. The molecule has 1 fully saturated rings. The summed E-state index contributed by atoms with van der Waals surface area (Å²) >= 11 is 12.1. The Kier molecular flexibility index (Phi) is 7.04. The zero-order valence-electron chi connectivity index (χ0n) is 17.4. The smallest absolute Gasteiger partial charge is 0.243 e. The molecule has 1 N–H and O–H groups in total. The third-order valence-corrected chi connectivity index (χ3v) is 7.93. The molecule has 0 aliphatic carbocycles. The van der Waals surface area contributed by atoms with E-state index in [4.69, 9.17) is 23.2 Å². The van der Waals surface area contributed by atoms with Crippen molar-refractivity contribution in [2.45, 2.75) is 24.3 Å². The quantitative estimate of drug-likeness (QED) is 0.531. The van der Waals surface area contributed by atoms with E-state index in [1.165, 1.54) is 40.7 Å². The second kappa shape index (κ2) is 9.80. The molecule has 4 rings (SSSR count). The van der Waals surface area contributed by atoms with Gasteiger partial charge in [0.1, 0.15) is 10.8 Å². The first-order valence-electron chi connectivity index (χ1n) is 10.3. The maximum Gasteiger partial charge on any atom is 0.243 e. The zero-order valence-corrected chi connectivity index (χ0v) is 19.7. The highest BCUT2D eigenvalue weighted by atomic mass is 35.5. The molecule has 7 nitrogen and oxygen atoms in total. The van der Waals surface area contributed by atoms with Gasteiger partial charge in [-0.1, -0.05) is 35.3 Å². The summed E-state index contributed by atoms with van der Waals surface area (Å²) < 4.78 is 41.6. The lowest BCUT2D eigenvalue weighted by atomic mass is 9.97. The first-order chi connectivity index (χ1) is 15.7. The van der Waals surface area contributed by atoms with Crippen molar-refractivity contribution in [3.8, 4) is 0 Å². The molecule has 0 unspecified atom stereocenters. The summed E-state index contributed by atoms with van der Waals surface area (Å²) in [6, 6.07) is 12.0. The summed E-state index contributed by atoms with van der Waals surface area (Å²) in [6.45, 7) is 0.836. The highest BCUT2D eigenvalue weighted by Gasteiger charge is 2.32. The third-order valence-electron chi connectivity index (χ3n) is 5.49. The number of benzene rings is 2. The fraction of sp³-hybridized carbons (Fsp3) is 0.273. The molecule has 0 bridgehead atoms. The molecule has 1 aliphatic heterocycles. The van der Waals surface area contributed by atoms with E-state index in [2.05, 4.69) is 10.4 Å². The summed E-state index contributed by atoms with van der Waals surface area (Å²) in [5.41, 5.74) is 0.836. The average molecular weight is 511 g/mol. The molecule has 1 saturated heterocycles. The van der Waals surface area contributed by atoms with Gasteiger partial charge in [-0.15, -0.1) is 0 Å². The number of rotatable bonds is 6. The maximum atomic E-state index is 13.1. The summed E-state index contributed by atoms with van der Waals surface area (Å²) in [6.07, 6.45) is 2.35. The summed E-state index contributed by atoms with van der Waals surface area (Å²) in [5, 5.41) is 7.79. The number of sulfonamides is 1. The number of halogens is 3. The number of aromatic nitrogens is 2. The van der Waals surface area contributed by atoms with Gasteiger partial charge in [-0.05, 0) is 54.8 Å². The summed E-state index contributed by atoms with van der Waals surface area (Å²) in [5.74, 6) is -0.704. The number of nitrogens with one attached hydrogen (secondary N) is 1. The Morgan fingerprint density at radius 1 is 1.06 bits per heavy atom. The van der Waals surface area contributed by atoms with Gasteiger partial charge in [0.2, 0.25) is 15.9 Å². The van der Waals surface area contributed by atoms with E-state index in [1.54, 1.807) is 23.0 Å². The molecule has 174 valence electrons. The number of hydrogen-bond acceptors (Lipinski definition) is 4. The van der Waals surface area contributed by atoms with Crippen LogP contribution in [0.5, 0.6) is 0 Å². The standard InChI is InChI=1S/C22H21Cl2FN4O3S/c23-17-3-7-19(8-4-17)33(31,32)29-11-9-16(10-12-29)22(30)26-21-20(24)14-28(27-21)13-15-1-5-18(25)6-2-15/h1-8,14,16H,9-13H2,(H,26,27,30). The first-order valence-corrected chi connectivity index (χ1v) is 12.5. The Labute approximate surface area is 201 Å². The lowest BCUT2D eigenvalue weighted by Crippen LogP contribution is -2.41. The highest BCUT2D eigenvalue weighted by Crippen LogP contribution is 2.27. The van der Waals surface area contributed by atoms with Gasteiger partial charge in [0.15, 0.2) is 5.82 Å². The van der Waals surface area contributed by atoms with Crippen LogP contribution in [0.1, 0.15) is 18.4 Å². The van der Waals surface area contributed by atoms with E-state index in [0.29, 0.717) is 24.4 Å². The number of carbonyl (C=O) groups excluding carboxylic acids is 1. The molecule has 2 aromatic carbocycles. The predicted octanol–water partition coefficient (Wildman–Crippen LogP) is 4.42. The minimum Gasteiger partial charge on any atom is -0.308 e. The number of piperidine rings is 1. The van der Waals surface area contributed by atoms with Crippen molar-refractivity contribution in [2.75, 3.05) is 18.4 Å². The Hall–Kier alpha value is -2.46. The van der Waals surface area contributed by atoms with Crippen LogP contribution in [0.2, 0.25) is 10.0 Å². The Balaban J connectivity index is 1.35. The highest BCUT2D eigenvalue weighted by molar-refractivity contribution is 7.89. The van der Waals surface area contributed by atoms with E-state index >= 15 is 0 Å². The fourth-order valence-electron chi connectivity index (χ4n) is 3.67. The average Bonchev–Trinajstić information content (AvgIpc) is 3.14. The normalized spacial score (nSPS) is 15.5. The van der Waals surface area contributed by atoms with Gasteiger partial charge in [0.05, 0.1) is 11.4 Å². The third kappa shape index (κ3) is 5.55. The summed E-state index contributed by atoms with van der Waals surface area (Å²) in [7, 11) is -3.64. The van der Waals surface area contributed by atoms with Crippen LogP contribution in [-0.2, 0) is 21.4 Å². The Bertz CT molecular complexity index is 1240. The molecule has 0 atom stereocenters.